The van der Waals surface area contributed by atoms with Gasteiger partial charge >= 0.3 is 0 Å². The Morgan fingerprint density at radius 3 is 2.18 bits per heavy atom. The number of amides is 1. The van der Waals surface area contributed by atoms with Gasteiger partial charge in [-0.25, -0.2) is 8.42 Å². The van der Waals surface area contributed by atoms with Crippen molar-refractivity contribution < 1.29 is 27.5 Å². The number of ether oxygens (including phenoxy) is 1. The molecular weight excluding hydrogens is 456 g/mol. The number of Topliss-reactive ketones (excluding diaryl/α,β-unsaturated/α-hetero) is 2. The van der Waals surface area contributed by atoms with E-state index in [0.29, 0.717) is 31.7 Å². The van der Waals surface area contributed by atoms with Gasteiger partial charge in [0.05, 0.1) is 10.9 Å². The van der Waals surface area contributed by atoms with Gasteiger partial charge in [-0.2, -0.15) is 4.31 Å². The molecule has 0 saturated carbocycles. The maximum atomic E-state index is 13.5. The standard InChI is InChI=1S/C25H30N2O6S/c1-4-26(5-2)34(31,32)20-14-12-19(13-15-20)23(28)21-22(18-10-7-6-8-11-18)27(16-9-17-33-3)25(30)24(21)29/h6-8,10-15,21-22H,4-5,9,16-17H2,1-3H3. The molecule has 1 fully saturated rings. The molecule has 1 aliphatic rings. The fourth-order valence-corrected chi connectivity index (χ4v) is 5.77. The maximum absolute atomic E-state index is 13.5. The van der Waals surface area contributed by atoms with Gasteiger partial charge in [-0.05, 0) is 24.1 Å². The van der Waals surface area contributed by atoms with Crippen molar-refractivity contribution in [2.24, 2.45) is 5.92 Å². The Morgan fingerprint density at radius 1 is 1.00 bits per heavy atom. The number of carbonyl (C=O) groups is 3. The maximum Gasteiger partial charge on any atom is 0.291 e. The highest BCUT2D eigenvalue weighted by Crippen LogP contribution is 2.38. The lowest BCUT2D eigenvalue weighted by molar-refractivity contribution is -0.140. The highest BCUT2D eigenvalue weighted by molar-refractivity contribution is 7.89. The Morgan fingerprint density at radius 2 is 1.62 bits per heavy atom. The van der Waals surface area contributed by atoms with Crippen molar-refractivity contribution in [3.63, 3.8) is 0 Å². The Hall–Kier alpha value is -2.88. The number of methoxy groups -OCH3 is 1. The Labute approximate surface area is 200 Å². The molecule has 2 aromatic carbocycles. The number of benzene rings is 2. The van der Waals surface area contributed by atoms with E-state index < -0.39 is 39.5 Å². The van der Waals surface area contributed by atoms with E-state index in [1.54, 1.807) is 45.2 Å². The number of sulfonamides is 1. The normalized spacial score (nSPS) is 18.6. The van der Waals surface area contributed by atoms with Crippen molar-refractivity contribution in [3.8, 4) is 0 Å². The van der Waals surface area contributed by atoms with Crippen LogP contribution in [0.15, 0.2) is 59.5 Å². The van der Waals surface area contributed by atoms with E-state index in [2.05, 4.69) is 0 Å². The van der Waals surface area contributed by atoms with Gasteiger partial charge in [0.1, 0.15) is 5.92 Å². The van der Waals surface area contributed by atoms with Crippen molar-refractivity contribution in [1.29, 1.82) is 0 Å². The third-order valence-corrected chi connectivity index (χ3v) is 8.12. The molecule has 3 rings (SSSR count). The summed E-state index contributed by atoms with van der Waals surface area (Å²) >= 11 is 0. The van der Waals surface area contributed by atoms with Crippen LogP contribution in [-0.4, -0.2) is 68.4 Å². The van der Waals surface area contributed by atoms with E-state index in [1.165, 1.54) is 33.5 Å². The highest BCUT2D eigenvalue weighted by atomic mass is 32.2. The molecule has 2 atom stereocenters. The first-order chi connectivity index (χ1) is 16.3. The second-order valence-corrected chi connectivity index (χ2v) is 9.96. The quantitative estimate of drug-likeness (QED) is 0.210. The molecule has 0 N–H and O–H groups in total. The molecule has 2 aromatic rings. The van der Waals surface area contributed by atoms with Crippen molar-refractivity contribution >= 4 is 27.5 Å². The van der Waals surface area contributed by atoms with Crippen LogP contribution in [0.1, 0.15) is 42.2 Å². The van der Waals surface area contributed by atoms with Crippen molar-refractivity contribution in [3.05, 3.63) is 65.7 Å². The fraction of sp³-hybridized carbons (Fsp3) is 0.400. The zero-order valence-electron chi connectivity index (χ0n) is 19.6. The van der Waals surface area contributed by atoms with E-state index in [1.807, 2.05) is 6.07 Å². The molecule has 1 saturated heterocycles. The van der Waals surface area contributed by atoms with Crippen LogP contribution < -0.4 is 0 Å². The van der Waals surface area contributed by atoms with Crippen LogP contribution in [0.3, 0.4) is 0 Å². The van der Waals surface area contributed by atoms with Crippen molar-refractivity contribution in [1.82, 2.24) is 9.21 Å². The summed E-state index contributed by atoms with van der Waals surface area (Å²) in [5.74, 6) is -3.16. The van der Waals surface area contributed by atoms with Crippen LogP contribution in [0.2, 0.25) is 0 Å². The van der Waals surface area contributed by atoms with Gasteiger partial charge in [0.2, 0.25) is 15.8 Å². The molecule has 8 nitrogen and oxygen atoms in total. The molecule has 1 amide bonds. The molecule has 0 bridgehead atoms. The molecule has 1 heterocycles. The molecule has 1 aliphatic heterocycles. The molecule has 0 spiro atoms. The van der Waals surface area contributed by atoms with Gasteiger partial charge in [-0.1, -0.05) is 56.3 Å². The summed E-state index contributed by atoms with van der Waals surface area (Å²) < 4.78 is 31.9. The first kappa shape index (κ1) is 25.7. The molecule has 34 heavy (non-hydrogen) atoms. The molecule has 2 unspecified atom stereocenters. The van der Waals surface area contributed by atoms with E-state index in [0.717, 1.165) is 0 Å². The third-order valence-electron chi connectivity index (χ3n) is 6.06. The van der Waals surface area contributed by atoms with Gasteiger partial charge in [-0.15, -0.1) is 0 Å². The van der Waals surface area contributed by atoms with Crippen molar-refractivity contribution in [2.45, 2.75) is 31.2 Å². The first-order valence-corrected chi connectivity index (χ1v) is 12.7. The zero-order chi connectivity index (χ0) is 24.9. The number of ketones is 2. The number of hydrogen-bond acceptors (Lipinski definition) is 6. The van der Waals surface area contributed by atoms with Gasteiger partial charge in [0.25, 0.3) is 5.91 Å². The highest BCUT2D eigenvalue weighted by Gasteiger charge is 2.51. The lowest BCUT2D eigenvalue weighted by atomic mass is 9.86. The average Bonchev–Trinajstić information content (AvgIpc) is 3.10. The fourth-order valence-electron chi connectivity index (χ4n) is 4.31. The summed E-state index contributed by atoms with van der Waals surface area (Å²) in [5.41, 5.74) is 0.877. The first-order valence-electron chi connectivity index (χ1n) is 11.3. The lowest BCUT2D eigenvalue weighted by Gasteiger charge is -2.27. The van der Waals surface area contributed by atoms with Gasteiger partial charge in [-0.3, -0.25) is 14.4 Å². The van der Waals surface area contributed by atoms with Crippen LogP contribution in [0, 0.1) is 5.92 Å². The lowest BCUT2D eigenvalue weighted by Crippen LogP contribution is -2.32. The predicted molar refractivity (Wildman–Crippen MR) is 127 cm³/mol. The largest absolute Gasteiger partial charge is 0.385 e. The monoisotopic (exact) mass is 486 g/mol. The minimum absolute atomic E-state index is 0.0716. The summed E-state index contributed by atoms with van der Waals surface area (Å²) in [6.45, 7) is 4.86. The number of likely N-dealkylation sites (tertiary alicyclic amines) is 1. The van der Waals surface area contributed by atoms with Crippen LogP contribution in [0.4, 0.5) is 0 Å². The minimum atomic E-state index is -3.68. The Kier molecular flexibility index (Phi) is 8.35. The van der Waals surface area contributed by atoms with E-state index in [9.17, 15) is 22.8 Å². The summed E-state index contributed by atoms with van der Waals surface area (Å²) in [6.07, 6.45) is 0.525. The smallest absolute Gasteiger partial charge is 0.291 e. The van der Waals surface area contributed by atoms with Crippen LogP contribution in [0.5, 0.6) is 0 Å². The zero-order valence-corrected chi connectivity index (χ0v) is 20.5. The Balaban J connectivity index is 1.95. The summed E-state index contributed by atoms with van der Waals surface area (Å²) in [6, 6.07) is 13.8. The molecular formula is C25H30N2O6S. The molecule has 182 valence electrons. The summed E-state index contributed by atoms with van der Waals surface area (Å²) in [7, 11) is -2.12. The van der Waals surface area contributed by atoms with Crippen LogP contribution in [-0.2, 0) is 24.3 Å². The number of carbonyl (C=O) groups excluding carboxylic acids is 3. The predicted octanol–water partition coefficient (Wildman–Crippen LogP) is 2.71. The SMILES string of the molecule is CCN(CC)S(=O)(=O)c1ccc(C(=O)C2C(=O)C(=O)N(CCCOC)C2c2ccccc2)cc1. The number of rotatable bonds is 11. The Bertz CT molecular complexity index is 1130. The van der Waals surface area contributed by atoms with Gasteiger partial charge in [0, 0.05) is 38.9 Å². The van der Waals surface area contributed by atoms with Gasteiger partial charge in [0.15, 0.2) is 5.78 Å². The molecule has 0 aromatic heterocycles. The second kappa shape index (κ2) is 11.0. The van der Waals surface area contributed by atoms with Gasteiger partial charge < -0.3 is 9.64 Å². The van der Waals surface area contributed by atoms with Crippen molar-refractivity contribution in [2.75, 3.05) is 33.4 Å². The summed E-state index contributed by atoms with van der Waals surface area (Å²) in [4.78, 5) is 40.8. The van der Waals surface area contributed by atoms with E-state index in [-0.39, 0.29) is 17.0 Å². The topological polar surface area (TPSA) is 101 Å². The second-order valence-electron chi connectivity index (χ2n) is 8.02. The minimum Gasteiger partial charge on any atom is -0.385 e. The molecule has 0 radical (unpaired) electrons. The number of nitrogens with zero attached hydrogens (tertiary/aromatic N) is 2. The number of hydrogen-bond donors (Lipinski definition) is 0. The summed E-state index contributed by atoms with van der Waals surface area (Å²) in [5, 5.41) is 0. The van der Waals surface area contributed by atoms with E-state index in [4.69, 9.17) is 4.74 Å². The molecule has 9 heteroatoms. The van der Waals surface area contributed by atoms with Crippen LogP contribution >= 0.6 is 0 Å². The van der Waals surface area contributed by atoms with E-state index >= 15 is 0 Å². The molecule has 0 aliphatic carbocycles. The average molecular weight is 487 g/mol. The third kappa shape index (κ3) is 4.96. The van der Waals surface area contributed by atoms with Crippen LogP contribution in [0.25, 0.3) is 0 Å².